The van der Waals surface area contributed by atoms with Gasteiger partial charge < -0.3 is 10.2 Å². The van der Waals surface area contributed by atoms with Gasteiger partial charge in [-0.3, -0.25) is 9.59 Å². The van der Waals surface area contributed by atoms with E-state index in [9.17, 15) is 9.59 Å². The summed E-state index contributed by atoms with van der Waals surface area (Å²) >= 11 is 0. The van der Waals surface area contributed by atoms with Crippen LogP contribution < -0.4 is 15.8 Å². The van der Waals surface area contributed by atoms with E-state index in [-0.39, 0.29) is 11.5 Å². The number of anilines is 2. The first-order chi connectivity index (χ1) is 13.0. The molecule has 1 aromatic carbocycles. The SMILES string of the molecule is CCN(CC)c1ccc(NC(=O)c2cnn(-c3ccc(=O)[nH]n3)c2C)cc1. The summed E-state index contributed by atoms with van der Waals surface area (Å²) in [4.78, 5) is 26.0. The lowest BCUT2D eigenvalue weighted by Gasteiger charge is -2.21. The monoisotopic (exact) mass is 366 g/mol. The van der Waals surface area contributed by atoms with Crippen LogP contribution in [0.3, 0.4) is 0 Å². The molecule has 0 saturated heterocycles. The molecule has 8 nitrogen and oxygen atoms in total. The highest BCUT2D eigenvalue weighted by atomic mass is 16.1. The Balaban J connectivity index is 1.77. The van der Waals surface area contributed by atoms with Crippen LogP contribution in [0.15, 0.2) is 47.4 Å². The minimum Gasteiger partial charge on any atom is -0.372 e. The molecule has 0 fully saturated rings. The Morgan fingerprint density at radius 1 is 1.15 bits per heavy atom. The average Bonchev–Trinajstić information content (AvgIpc) is 3.06. The molecule has 0 aliphatic heterocycles. The largest absolute Gasteiger partial charge is 0.372 e. The zero-order chi connectivity index (χ0) is 19.4. The summed E-state index contributed by atoms with van der Waals surface area (Å²) in [5.41, 5.74) is 2.61. The number of carbonyl (C=O) groups is 1. The number of nitrogens with zero attached hydrogens (tertiary/aromatic N) is 4. The zero-order valence-corrected chi connectivity index (χ0v) is 15.6. The Labute approximate surface area is 156 Å². The molecular formula is C19H22N6O2. The molecule has 0 radical (unpaired) electrons. The van der Waals surface area contributed by atoms with Gasteiger partial charge in [0.1, 0.15) is 0 Å². The van der Waals surface area contributed by atoms with Gasteiger partial charge in [0.05, 0.1) is 17.5 Å². The Morgan fingerprint density at radius 2 is 1.85 bits per heavy atom. The van der Waals surface area contributed by atoms with Crippen LogP contribution in [-0.4, -0.2) is 39.0 Å². The van der Waals surface area contributed by atoms with Gasteiger partial charge in [-0.25, -0.2) is 9.78 Å². The molecule has 0 aliphatic rings. The van der Waals surface area contributed by atoms with Gasteiger partial charge in [0, 0.05) is 30.5 Å². The maximum atomic E-state index is 12.6. The quantitative estimate of drug-likeness (QED) is 0.698. The third kappa shape index (κ3) is 3.89. The van der Waals surface area contributed by atoms with E-state index in [0.717, 1.165) is 18.8 Å². The lowest BCUT2D eigenvalue weighted by Crippen LogP contribution is -2.21. The second-order valence-corrected chi connectivity index (χ2v) is 6.01. The number of hydrogen-bond donors (Lipinski definition) is 2. The summed E-state index contributed by atoms with van der Waals surface area (Å²) in [7, 11) is 0. The first-order valence-corrected chi connectivity index (χ1v) is 8.80. The number of rotatable bonds is 6. The molecular weight excluding hydrogens is 344 g/mol. The lowest BCUT2D eigenvalue weighted by atomic mass is 10.2. The highest BCUT2D eigenvalue weighted by Gasteiger charge is 2.16. The van der Waals surface area contributed by atoms with Gasteiger partial charge in [0.25, 0.3) is 11.5 Å². The Hall–Kier alpha value is -3.42. The van der Waals surface area contributed by atoms with Crippen LogP contribution in [0.1, 0.15) is 29.9 Å². The Kier molecular flexibility index (Phi) is 5.35. The number of nitrogens with one attached hydrogen (secondary N) is 2. The fourth-order valence-corrected chi connectivity index (χ4v) is 2.86. The molecule has 0 saturated carbocycles. The number of aromatic nitrogens is 4. The summed E-state index contributed by atoms with van der Waals surface area (Å²) in [5, 5.41) is 13.4. The highest BCUT2D eigenvalue weighted by Crippen LogP contribution is 2.19. The molecule has 1 amide bonds. The van der Waals surface area contributed by atoms with E-state index in [1.807, 2.05) is 24.3 Å². The molecule has 3 aromatic rings. The van der Waals surface area contributed by atoms with Crippen LogP contribution in [0.25, 0.3) is 5.82 Å². The zero-order valence-electron chi connectivity index (χ0n) is 15.6. The smallest absolute Gasteiger partial charge is 0.264 e. The van der Waals surface area contributed by atoms with E-state index in [1.54, 1.807) is 13.0 Å². The van der Waals surface area contributed by atoms with Crippen molar-refractivity contribution in [2.75, 3.05) is 23.3 Å². The van der Waals surface area contributed by atoms with Crippen molar-refractivity contribution < 1.29 is 4.79 Å². The van der Waals surface area contributed by atoms with Crippen molar-refractivity contribution in [2.24, 2.45) is 0 Å². The standard InChI is InChI=1S/C19H22N6O2/c1-4-24(5-2)15-8-6-14(7-9-15)21-19(27)16-12-20-25(13(16)3)17-10-11-18(26)23-22-17/h6-12H,4-5H2,1-3H3,(H,21,27)(H,23,26). The van der Waals surface area contributed by atoms with Gasteiger partial charge in [-0.05, 0) is 51.1 Å². The molecule has 140 valence electrons. The van der Waals surface area contributed by atoms with Gasteiger partial charge in [0.15, 0.2) is 5.82 Å². The first-order valence-electron chi connectivity index (χ1n) is 8.80. The molecule has 8 heteroatoms. The maximum absolute atomic E-state index is 12.6. The average molecular weight is 366 g/mol. The second kappa shape index (κ2) is 7.86. The number of benzene rings is 1. The molecule has 0 unspecified atom stereocenters. The molecule has 0 atom stereocenters. The topological polar surface area (TPSA) is 95.9 Å². The summed E-state index contributed by atoms with van der Waals surface area (Å²) in [6.45, 7) is 7.85. The van der Waals surface area contributed by atoms with E-state index in [1.165, 1.54) is 16.9 Å². The number of H-pyrrole nitrogens is 1. The summed E-state index contributed by atoms with van der Waals surface area (Å²) in [5.74, 6) is 0.188. The van der Waals surface area contributed by atoms with Gasteiger partial charge >= 0.3 is 0 Å². The predicted molar refractivity (Wildman–Crippen MR) is 105 cm³/mol. The van der Waals surface area contributed by atoms with Crippen molar-refractivity contribution in [1.82, 2.24) is 20.0 Å². The number of hydrogen-bond acceptors (Lipinski definition) is 5. The number of carbonyl (C=O) groups excluding carboxylic acids is 1. The second-order valence-electron chi connectivity index (χ2n) is 6.01. The predicted octanol–water partition coefficient (Wildman–Crippen LogP) is 2.36. The van der Waals surface area contributed by atoms with Gasteiger partial charge in [-0.1, -0.05) is 0 Å². The normalized spacial score (nSPS) is 10.6. The van der Waals surface area contributed by atoms with Crippen LogP contribution >= 0.6 is 0 Å². The summed E-state index contributed by atoms with van der Waals surface area (Å²) in [6, 6.07) is 10.7. The van der Waals surface area contributed by atoms with Crippen molar-refractivity contribution in [1.29, 1.82) is 0 Å². The van der Waals surface area contributed by atoms with Gasteiger partial charge in [-0.15, -0.1) is 0 Å². The van der Waals surface area contributed by atoms with E-state index >= 15 is 0 Å². The Morgan fingerprint density at radius 3 is 2.44 bits per heavy atom. The molecule has 2 aromatic heterocycles. The third-order valence-electron chi connectivity index (χ3n) is 4.39. The van der Waals surface area contributed by atoms with E-state index in [0.29, 0.717) is 22.8 Å². The number of amides is 1. The molecule has 27 heavy (non-hydrogen) atoms. The summed E-state index contributed by atoms with van der Waals surface area (Å²) < 4.78 is 1.51. The van der Waals surface area contributed by atoms with Crippen LogP contribution in [0, 0.1) is 6.92 Å². The highest BCUT2D eigenvalue weighted by molar-refractivity contribution is 6.05. The van der Waals surface area contributed by atoms with Crippen molar-refractivity contribution in [2.45, 2.75) is 20.8 Å². The van der Waals surface area contributed by atoms with Crippen LogP contribution in [-0.2, 0) is 0 Å². The molecule has 0 bridgehead atoms. The van der Waals surface area contributed by atoms with Crippen molar-refractivity contribution in [3.63, 3.8) is 0 Å². The van der Waals surface area contributed by atoms with E-state index in [4.69, 9.17) is 0 Å². The maximum Gasteiger partial charge on any atom is 0.264 e. The summed E-state index contributed by atoms with van der Waals surface area (Å²) in [6.07, 6.45) is 1.49. The minimum atomic E-state index is -0.297. The van der Waals surface area contributed by atoms with Crippen molar-refractivity contribution >= 4 is 17.3 Å². The molecule has 3 rings (SSSR count). The number of aromatic amines is 1. The van der Waals surface area contributed by atoms with Crippen LogP contribution in [0.2, 0.25) is 0 Å². The van der Waals surface area contributed by atoms with Gasteiger partial charge in [-0.2, -0.15) is 10.2 Å². The first kappa shape index (κ1) is 18.4. The van der Waals surface area contributed by atoms with Gasteiger partial charge in [0.2, 0.25) is 0 Å². The van der Waals surface area contributed by atoms with Crippen LogP contribution in [0.5, 0.6) is 0 Å². The fourth-order valence-electron chi connectivity index (χ4n) is 2.86. The van der Waals surface area contributed by atoms with E-state index < -0.39 is 0 Å². The van der Waals surface area contributed by atoms with Crippen molar-refractivity contribution in [3.8, 4) is 5.82 Å². The van der Waals surface area contributed by atoms with E-state index in [2.05, 4.69) is 39.4 Å². The fraction of sp³-hybridized carbons (Fsp3) is 0.263. The lowest BCUT2D eigenvalue weighted by molar-refractivity contribution is 0.102. The molecule has 0 aliphatic carbocycles. The third-order valence-corrected chi connectivity index (χ3v) is 4.39. The molecule has 0 spiro atoms. The Bertz CT molecular complexity index is 966. The molecule has 2 heterocycles. The van der Waals surface area contributed by atoms with Crippen LogP contribution in [0.4, 0.5) is 11.4 Å². The molecule has 2 N–H and O–H groups in total. The van der Waals surface area contributed by atoms with Crippen molar-refractivity contribution in [3.05, 3.63) is 64.2 Å². The minimum absolute atomic E-state index is 0.251.